The lowest BCUT2D eigenvalue weighted by Crippen LogP contribution is -2.45. The molecule has 0 aromatic carbocycles. The van der Waals surface area contributed by atoms with Gasteiger partial charge in [0.25, 0.3) is 0 Å². The van der Waals surface area contributed by atoms with Crippen LogP contribution in [0.1, 0.15) is 38.3 Å². The molecule has 3 fully saturated rings. The molecule has 2 aliphatic carbocycles. The molecule has 8 nitrogen and oxygen atoms in total. The van der Waals surface area contributed by atoms with E-state index in [-0.39, 0.29) is 41.7 Å². The summed E-state index contributed by atoms with van der Waals surface area (Å²) >= 11 is 0. The van der Waals surface area contributed by atoms with Crippen molar-refractivity contribution in [2.45, 2.75) is 38.1 Å². The highest BCUT2D eigenvalue weighted by molar-refractivity contribution is 5.82. The molecule has 164 valence electrons. The lowest BCUT2D eigenvalue weighted by molar-refractivity contribution is -0.123. The molecule has 9 heteroatoms. The maximum Gasteiger partial charge on any atom is 0.229 e. The number of aliphatic hydroxyl groups is 1. The molecule has 0 bridgehead atoms. The standard InChI is InChI=1S/C22H27FN6O2/c1-12(10-30)18-6-5-15(7-24-18)26-21-25-8-17(23)19(27-21)29-9-16-13(2)22(16,11-29)28-20(31)14-3-4-14/h5-8,12-14,16,30H,3-4,9-11H2,1-2H3,(H,28,31)(H,25,26,27)/t12-,13-,16+,22+/m1/s1. The van der Waals surface area contributed by atoms with Gasteiger partial charge in [0, 0.05) is 36.5 Å². The first-order valence-corrected chi connectivity index (χ1v) is 10.8. The lowest BCUT2D eigenvalue weighted by atomic mass is 10.1. The highest BCUT2D eigenvalue weighted by atomic mass is 19.1. The van der Waals surface area contributed by atoms with Crippen molar-refractivity contribution >= 4 is 23.4 Å². The fraction of sp³-hybridized carbons (Fsp3) is 0.545. The van der Waals surface area contributed by atoms with Gasteiger partial charge in [-0.15, -0.1) is 0 Å². The van der Waals surface area contributed by atoms with Crippen LogP contribution in [-0.2, 0) is 4.79 Å². The molecule has 3 N–H and O–H groups in total. The van der Waals surface area contributed by atoms with Gasteiger partial charge in [0.05, 0.1) is 30.2 Å². The molecule has 0 unspecified atom stereocenters. The van der Waals surface area contributed by atoms with Gasteiger partial charge in [0.1, 0.15) is 0 Å². The van der Waals surface area contributed by atoms with Crippen LogP contribution in [0.2, 0.25) is 0 Å². The molecule has 2 saturated carbocycles. The molecule has 0 spiro atoms. The van der Waals surface area contributed by atoms with E-state index in [0.29, 0.717) is 30.6 Å². The number of amides is 1. The lowest BCUT2D eigenvalue weighted by Gasteiger charge is -2.25. The number of anilines is 3. The van der Waals surface area contributed by atoms with Gasteiger partial charge in [-0.3, -0.25) is 9.78 Å². The smallest absolute Gasteiger partial charge is 0.229 e. The zero-order valence-corrected chi connectivity index (χ0v) is 17.7. The number of aliphatic hydroxyl groups excluding tert-OH is 1. The Morgan fingerprint density at radius 2 is 2.16 bits per heavy atom. The highest BCUT2D eigenvalue weighted by Gasteiger charge is 2.68. The third-order valence-corrected chi connectivity index (χ3v) is 6.99. The normalized spacial score (nSPS) is 27.5. The Balaban J connectivity index is 1.30. The zero-order chi connectivity index (χ0) is 21.8. The number of nitrogens with zero attached hydrogens (tertiary/aromatic N) is 4. The van der Waals surface area contributed by atoms with E-state index in [2.05, 4.69) is 32.5 Å². The highest BCUT2D eigenvalue weighted by Crippen LogP contribution is 2.56. The van der Waals surface area contributed by atoms with E-state index in [1.165, 1.54) is 6.20 Å². The molecule has 1 amide bonds. The van der Waals surface area contributed by atoms with Gasteiger partial charge >= 0.3 is 0 Å². The molecule has 1 aliphatic heterocycles. The minimum Gasteiger partial charge on any atom is -0.396 e. The topological polar surface area (TPSA) is 103 Å². The summed E-state index contributed by atoms with van der Waals surface area (Å²) in [7, 11) is 0. The van der Waals surface area contributed by atoms with Gasteiger partial charge in [0.15, 0.2) is 11.6 Å². The summed E-state index contributed by atoms with van der Waals surface area (Å²) in [5.41, 5.74) is 1.20. The Kier molecular flexibility index (Phi) is 4.80. The van der Waals surface area contributed by atoms with E-state index in [0.717, 1.165) is 18.5 Å². The number of rotatable bonds is 7. The molecule has 2 aromatic heterocycles. The second-order valence-corrected chi connectivity index (χ2v) is 9.13. The van der Waals surface area contributed by atoms with Crippen LogP contribution < -0.4 is 15.5 Å². The molecule has 3 heterocycles. The molecule has 0 radical (unpaired) electrons. The van der Waals surface area contributed by atoms with E-state index in [1.54, 1.807) is 6.20 Å². The number of pyridine rings is 1. The first-order chi connectivity index (χ1) is 14.9. The van der Waals surface area contributed by atoms with Gasteiger partial charge in [-0.2, -0.15) is 4.98 Å². The van der Waals surface area contributed by atoms with Crippen molar-refractivity contribution in [1.29, 1.82) is 0 Å². The Morgan fingerprint density at radius 3 is 2.84 bits per heavy atom. The number of carbonyl (C=O) groups is 1. The summed E-state index contributed by atoms with van der Waals surface area (Å²) in [4.78, 5) is 27.0. The van der Waals surface area contributed by atoms with Crippen LogP contribution in [0.5, 0.6) is 0 Å². The Bertz CT molecular complexity index is 998. The van der Waals surface area contributed by atoms with Crippen LogP contribution >= 0.6 is 0 Å². The number of fused-ring (bicyclic) bond motifs is 1. The van der Waals surface area contributed by atoms with Crippen LogP contribution in [-0.4, -0.2) is 51.2 Å². The SMILES string of the molecule is C[C@H](CO)c1ccc(Nc2ncc(F)c(N3C[C@H]4[C@@H](C)[C@@]4(NC(=O)C4CC4)C3)n2)cn1. The van der Waals surface area contributed by atoms with Gasteiger partial charge in [0.2, 0.25) is 11.9 Å². The number of carbonyl (C=O) groups excluding carboxylic acids is 1. The number of aromatic nitrogens is 3. The summed E-state index contributed by atoms with van der Waals surface area (Å²) in [6.07, 6.45) is 4.75. The molecular weight excluding hydrogens is 399 g/mol. The van der Waals surface area contributed by atoms with Crippen LogP contribution in [0.4, 0.5) is 21.8 Å². The second kappa shape index (κ2) is 7.40. The number of hydrogen-bond donors (Lipinski definition) is 3. The van der Waals surface area contributed by atoms with E-state index in [1.807, 2.05) is 24.0 Å². The number of piperidine rings is 1. The fourth-order valence-corrected chi connectivity index (χ4v) is 4.64. The Labute approximate surface area is 180 Å². The molecule has 2 aromatic rings. The third-order valence-electron chi connectivity index (χ3n) is 6.99. The second-order valence-electron chi connectivity index (χ2n) is 9.13. The number of nitrogens with one attached hydrogen (secondary N) is 2. The van der Waals surface area contributed by atoms with Crippen molar-refractivity contribution in [1.82, 2.24) is 20.3 Å². The quantitative estimate of drug-likeness (QED) is 0.624. The van der Waals surface area contributed by atoms with Crippen LogP contribution in [0, 0.1) is 23.6 Å². The van der Waals surface area contributed by atoms with Crippen molar-refractivity contribution in [3.05, 3.63) is 36.0 Å². The molecule has 4 atom stereocenters. The monoisotopic (exact) mass is 426 g/mol. The summed E-state index contributed by atoms with van der Waals surface area (Å²) in [6, 6.07) is 3.66. The van der Waals surface area contributed by atoms with Crippen molar-refractivity contribution < 1.29 is 14.3 Å². The van der Waals surface area contributed by atoms with E-state index < -0.39 is 5.82 Å². The van der Waals surface area contributed by atoms with Gasteiger partial charge in [-0.25, -0.2) is 9.37 Å². The molecule has 5 rings (SSSR count). The summed E-state index contributed by atoms with van der Waals surface area (Å²) < 4.78 is 14.6. The van der Waals surface area contributed by atoms with Crippen LogP contribution in [0.3, 0.4) is 0 Å². The molecule has 31 heavy (non-hydrogen) atoms. The summed E-state index contributed by atoms with van der Waals surface area (Å²) in [6.45, 7) is 5.29. The summed E-state index contributed by atoms with van der Waals surface area (Å²) in [5.74, 6) is 0.997. The largest absolute Gasteiger partial charge is 0.396 e. The van der Waals surface area contributed by atoms with Crippen LogP contribution in [0.15, 0.2) is 24.5 Å². The third kappa shape index (κ3) is 3.60. The van der Waals surface area contributed by atoms with E-state index >= 15 is 0 Å². The predicted molar refractivity (Wildman–Crippen MR) is 113 cm³/mol. The van der Waals surface area contributed by atoms with Crippen molar-refractivity contribution in [2.24, 2.45) is 17.8 Å². The fourth-order valence-electron chi connectivity index (χ4n) is 4.64. The van der Waals surface area contributed by atoms with Gasteiger partial charge in [-0.1, -0.05) is 13.8 Å². The minimum absolute atomic E-state index is 0.0300. The predicted octanol–water partition coefficient (Wildman–Crippen LogP) is 2.20. The Morgan fingerprint density at radius 1 is 1.35 bits per heavy atom. The number of hydrogen-bond acceptors (Lipinski definition) is 7. The van der Waals surface area contributed by atoms with Crippen LogP contribution in [0.25, 0.3) is 0 Å². The van der Waals surface area contributed by atoms with Crippen molar-refractivity contribution in [2.75, 3.05) is 29.9 Å². The van der Waals surface area contributed by atoms with Gasteiger partial charge in [-0.05, 0) is 30.9 Å². The first-order valence-electron chi connectivity index (χ1n) is 10.8. The van der Waals surface area contributed by atoms with Crippen molar-refractivity contribution in [3.63, 3.8) is 0 Å². The van der Waals surface area contributed by atoms with Crippen molar-refractivity contribution in [3.8, 4) is 0 Å². The number of halogens is 1. The maximum absolute atomic E-state index is 14.6. The minimum atomic E-state index is -0.478. The van der Waals surface area contributed by atoms with E-state index in [4.69, 9.17) is 0 Å². The van der Waals surface area contributed by atoms with Gasteiger partial charge < -0.3 is 20.6 Å². The average molecular weight is 426 g/mol. The Hall–Kier alpha value is -2.81. The zero-order valence-electron chi connectivity index (χ0n) is 17.7. The maximum atomic E-state index is 14.6. The van der Waals surface area contributed by atoms with E-state index in [9.17, 15) is 14.3 Å². The molecular formula is C22H27FN6O2. The average Bonchev–Trinajstić information content (AvgIpc) is 3.67. The summed E-state index contributed by atoms with van der Waals surface area (Å²) in [5, 5.41) is 15.6. The molecule has 3 aliphatic rings. The first kappa shape index (κ1) is 20.1. The molecule has 1 saturated heterocycles.